The van der Waals surface area contributed by atoms with E-state index in [2.05, 4.69) is 41.5 Å². The van der Waals surface area contributed by atoms with Crippen molar-refractivity contribution in [2.45, 2.75) is 92.9 Å². The molecular weight excluding hydrogens is 252 g/mol. The third kappa shape index (κ3) is 2.49. The first-order valence-electron chi connectivity index (χ1n) is 9.69. The number of hydrogen-bond donors (Lipinski definition) is 0. The summed E-state index contributed by atoms with van der Waals surface area (Å²) >= 11 is 0. The van der Waals surface area contributed by atoms with Crippen molar-refractivity contribution >= 4 is 0 Å². The van der Waals surface area contributed by atoms with Crippen molar-refractivity contribution in [1.82, 2.24) is 0 Å². The van der Waals surface area contributed by atoms with E-state index in [0.29, 0.717) is 16.2 Å². The van der Waals surface area contributed by atoms with Crippen molar-refractivity contribution < 1.29 is 0 Å². The summed E-state index contributed by atoms with van der Waals surface area (Å²) in [5.74, 6) is 4.02. The molecule has 0 saturated heterocycles. The molecule has 4 fully saturated rings. The van der Waals surface area contributed by atoms with Gasteiger partial charge in [-0.15, -0.1) is 0 Å². The second-order valence-electron chi connectivity index (χ2n) is 10.4. The minimum absolute atomic E-state index is 0.584. The van der Waals surface area contributed by atoms with Gasteiger partial charge < -0.3 is 0 Å². The fraction of sp³-hybridized carbons (Fsp3) is 1.00. The van der Waals surface area contributed by atoms with E-state index >= 15 is 0 Å². The summed E-state index contributed by atoms with van der Waals surface area (Å²) in [6, 6.07) is 0. The maximum absolute atomic E-state index is 2.65. The molecule has 0 heteroatoms. The van der Waals surface area contributed by atoms with Crippen LogP contribution < -0.4 is 0 Å². The Labute approximate surface area is 133 Å². The van der Waals surface area contributed by atoms with Gasteiger partial charge in [-0.2, -0.15) is 0 Å². The zero-order valence-electron chi connectivity index (χ0n) is 15.5. The van der Waals surface area contributed by atoms with Crippen LogP contribution in [0.3, 0.4) is 0 Å². The quantitative estimate of drug-likeness (QED) is 0.543. The molecular formula is C21H38. The molecule has 0 aromatic rings. The van der Waals surface area contributed by atoms with Crippen LogP contribution in [0.4, 0.5) is 0 Å². The molecule has 122 valence electrons. The maximum atomic E-state index is 2.65. The summed E-state index contributed by atoms with van der Waals surface area (Å²) in [5, 5.41) is 0. The Hall–Kier alpha value is 0. The van der Waals surface area contributed by atoms with Crippen LogP contribution in [0.25, 0.3) is 0 Å². The topological polar surface area (TPSA) is 0 Å². The Morgan fingerprint density at radius 2 is 1.67 bits per heavy atom. The van der Waals surface area contributed by atoms with Gasteiger partial charge in [0.05, 0.1) is 0 Å². The molecule has 0 radical (unpaired) electrons. The van der Waals surface area contributed by atoms with E-state index in [9.17, 15) is 0 Å². The predicted molar refractivity (Wildman–Crippen MR) is 92.2 cm³/mol. The molecule has 0 nitrogen and oxygen atoms in total. The average molecular weight is 291 g/mol. The largest absolute Gasteiger partial charge is 0.0651 e. The van der Waals surface area contributed by atoms with Gasteiger partial charge in [0.2, 0.25) is 0 Å². The first-order chi connectivity index (χ1) is 9.69. The zero-order chi connectivity index (χ0) is 15.5. The van der Waals surface area contributed by atoms with Gasteiger partial charge >= 0.3 is 0 Å². The lowest BCUT2D eigenvalue weighted by atomic mass is 9.40. The van der Waals surface area contributed by atoms with Gasteiger partial charge in [0, 0.05) is 0 Å². The van der Waals surface area contributed by atoms with Gasteiger partial charge in [0.15, 0.2) is 0 Å². The van der Waals surface area contributed by atoms with Crippen LogP contribution in [0, 0.1) is 39.9 Å². The Kier molecular flexibility index (Phi) is 3.78. The molecule has 5 unspecified atom stereocenters. The van der Waals surface area contributed by atoms with Gasteiger partial charge in [0.25, 0.3) is 0 Å². The lowest BCUT2D eigenvalue weighted by Crippen LogP contribution is -2.57. The van der Waals surface area contributed by atoms with Crippen LogP contribution in [0.2, 0.25) is 0 Å². The summed E-state index contributed by atoms with van der Waals surface area (Å²) in [7, 11) is 0. The first kappa shape index (κ1) is 15.9. The summed E-state index contributed by atoms with van der Waals surface area (Å²) < 4.78 is 0. The molecule has 0 aromatic heterocycles. The third-order valence-corrected chi connectivity index (χ3v) is 8.47. The SMILES string of the molecule is CCC1CCC(CC2(C)CCC3CC2C3(C)C)CC1(C)C. The van der Waals surface area contributed by atoms with Gasteiger partial charge in [-0.1, -0.05) is 54.4 Å². The smallest absolute Gasteiger partial charge is 0.0289 e. The van der Waals surface area contributed by atoms with Crippen LogP contribution >= 0.6 is 0 Å². The summed E-state index contributed by atoms with van der Waals surface area (Å²) in [6.45, 7) is 15.2. The van der Waals surface area contributed by atoms with Crippen LogP contribution in [-0.4, -0.2) is 0 Å². The molecule has 0 amide bonds. The van der Waals surface area contributed by atoms with E-state index in [4.69, 9.17) is 0 Å². The third-order valence-electron chi connectivity index (χ3n) is 8.47. The predicted octanol–water partition coefficient (Wildman–Crippen LogP) is 6.69. The first-order valence-corrected chi connectivity index (χ1v) is 9.69. The van der Waals surface area contributed by atoms with Gasteiger partial charge in [-0.3, -0.25) is 0 Å². The summed E-state index contributed by atoms with van der Waals surface area (Å²) in [4.78, 5) is 0. The molecule has 0 N–H and O–H groups in total. The fourth-order valence-corrected chi connectivity index (χ4v) is 7.04. The van der Waals surface area contributed by atoms with Gasteiger partial charge in [0.1, 0.15) is 0 Å². The molecule has 0 aromatic carbocycles. The Morgan fingerprint density at radius 3 is 2.19 bits per heavy atom. The lowest BCUT2D eigenvalue weighted by molar-refractivity contribution is -0.159. The van der Waals surface area contributed by atoms with Gasteiger partial charge in [-0.25, -0.2) is 0 Å². The minimum atomic E-state index is 0.584. The molecule has 2 bridgehead atoms. The number of hydrogen-bond acceptors (Lipinski definition) is 0. The molecule has 4 rings (SSSR count). The Morgan fingerprint density at radius 1 is 0.952 bits per heavy atom. The second-order valence-corrected chi connectivity index (χ2v) is 10.4. The van der Waals surface area contributed by atoms with Gasteiger partial charge in [-0.05, 0) is 78.4 Å². The van der Waals surface area contributed by atoms with Crippen LogP contribution in [0.15, 0.2) is 0 Å². The molecule has 0 heterocycles. The fourth-order valence-electron chi connectivity index (χ4n) is 7.04. The molecule has 5 atom stereocenters. The number of fused-ring (bicyclic) bond motifs is 2. The van der Waals surface area contributed by atoms with E-state index in [1.807, 2.05) is 0 Å². The molecule has 4 aliphatic carbocycles. The van der Waals surface area contributed by atoms with Crippen LogP contribution in [-0.2, 0) is 0 Å². The van der Waals surface area contributed by atoms with Crippen LogP contribution in [0.1, 0.15) is 92.9 Å². The minimum Gasteiger partial charge on any atom is -0.0651 e. The second kappa shape index (κ2) is 5.00. The van der Waals surface area contributed by atoms with Crippen LogP contribution in [0.5, 0.6) is 0 Å². The normalized spacial score (nSPS) is 47.7. The Balaban J connectivity index is 1.67. The van der Waals surface area contributed by atoms with E-state index in [-0.39, 0.29) is 0 Å². The van der Waals surface area contributed by atoms with Crippen molar-refractivity contribution in [2.75, 3.05) is 0 Å². The standard InChI is InChI=1S/C21H38/c1-7-16-9-8-15(13-19(16,2)3)14-21(6)11-10-17-12-18(21)20(17,4)5/h15-18H,7-14H2,1-6H3. The highest BCUT2D eigenvalue weighted by molar-refractivity contribution is 5.08. The molecule has 21 heavy (non-hydrogen) atoms. The maximum Gasteiger partial charge on any atom is -0.0289 e. The van der Waals surface area contributed by atoms with E-state index in [1.54, 1.807) is 0 Å². The van der Waals surface area contributed by atoms with Crippen molar-refractivity contribution in [3.8, 4) is 0 Å². The lowest BCUT2D eigenvalue weighted by Gasteiger charge is -2.65. The summed E-state index contributed by atoms with van der Waals surface area (Å²) in [6.07, 6.45) is 11.9. The highest BCUT2D eigenvalue weighted by atomic mass is 14.6. The van der Waals surface area contributed by atoms with E-state index in [1.165, 1.54) is 51.4 Å². The van der Waals surface area contributed by atoms with Crippen molar-refractivity contribution in [1.29, 1.82) is 0 Å². The number of rotatable bonds is 3. The van der Waals surface area contributed by atoms with E-state index in [0.717, 1.165) is 23.7 Å². The summed E-state index contributed by atoms with van der Waals surface area (Å²) in [5.41, 5.74) is 1.88. The van der Waals surface area contributed by atoms with E-state index < -0.39 is 0 Å². The average Bonchev–Trinajstić information content (AvgIpc) is 2.36. The van der Waals surface area contributed by atoms with Crippen molar-refractivity contribution in [3.63, 3.8) is 0 Å². The molecule has 0 spiro atoms. The zero-order valence-corrected chi connectivity index (χ0v) is 15.5. The highest BCUT2D eigenvalue weighted by Gasteiger charge is 2.59. The molecule has 4 aliphatic rings. The molecule has 4 saturated carbocycles. The monoisotopic (exact) mass is 290 g/mol. The highest BCUT2D eigenvalue weighted by Crippen LogP contribution is 2.68. The van der Waals surface area contributed by atoms with Crippen molar-refractivity contribution in [2.24, 2.45) is 39.9 Å². The van der Waals surface area contributed by atoms with Crippen molar-refractivity contribution in [3.05, 3.63) is 0 Å². The Bertz CT molecular complexity index is 389. The molecule has 0 aliphatic heterocycles.